The van der Waals surface area contributed by atoms with Crippen LogP contribution in [0.5, 0.6) is 5.75 Å². The van der Waals surface area contributed by atoms with Crippen LogP contribution in [0.3, 0.4) is 0 Å². The van der Waals surface area contributed by atoms with E-state index in [0.717, 1.165) is 46.2 Å². The van der Waals surface area contributed by atoms with Crippen molar-refractivity contribution in [3.8, 4) is 5.75 Å². The van der Waals surface area contributed by atoms with Crippen molar-refractivity contribution in [3.63, 3.8) is 0 Å². The summed E-state index contributed by atoms with van der Waals surface area (Å²) in [5.74, 6) is 2.12. The van der Waals surface area contributed by atoms with Gasteiger partial charge in [-0.2, -0.15) is 0 Å². The maximum atomic E-state index is 5.97. The van der Waals surface area contributed by atoms with Crippen LogP contribution in [0.25, 0.3) is 10.2 Å². The third-order valence-electron chi connectivity index (χ3n) is 5.10. The molecule has 6 nitrogen and oxygen atoms in total. The number of nitrogens with zero attached hydrogens (tertiary/aromatic N) is 3. The van der Waals surface area contributed by atoms with Gasteiger partial charge in [-0.15, -0.1) is 11.3 Å². The summed E-state index contributed by atoms with van der Waals surface area (Å²) in [6, 6.07) is 5.92. The van der Waals surface area contributed by atoms with E-state index >= 15 is 0 Å². The van der Waals surface area contributed by atoms with E-state index < -0.39 is 5.72 Å². The highest BCUT2D eigenvalue weighted by molar-refractivity contribution is 7.20. The number of aromatic nitrogens is 1. The largest absolute Gasteiger partial charge is 0.497 e. The molecule has 7 heteroatoms. The maximum absolute atomic E-state index is 5.97. The molecule has 2 aromatic rings. The second-order valence-electron chi connectivity index (χ2n) is 6.41. The smallest absolute Gasteiger partial charge is 0.202 e. The number of nitrogens with one attached hydrogen (secondary N) is 1. The van der Waals surface area contributed by atoms with Crippen LogP contribution in [-0.2, 0) is 4.84 Å². The Bertz CT molecular complexity index is 796. The monoisotopic (exact) mass is 330 g/mol. The van der Waals surface area contributed by atoms with Gasteiger partial charge >= 0.3 is 0 Å². The minimum absolute atomic E-state index is 0.415. The van der Waals surface area contributed by atoms with Crippen LogP contribution in [0.4, 0.5) is 0 Å². The van der Waals surface area contributed by atoms with Crippen LogP contribution >= 0.6 is 11.3 Å². The number of benzene rings is 1. The first-order chi connectivity index (χ1) is 11.3. The molecule has 0 aliphatic carbocycles. The van der Waals surface area contributed by atoms with Crippen LogP contribution in [0.2, 0.25) is 0 Å². The molecule has 6 rings (SSSR count). The molecule has 1 unspecified atom stereocenters. The minimum atomic E-state index is -0.415. The van der Waals surface area contributed by atoms with Gasteiger partial charge in [0.05, 0.1) is 23.9 Å². The average molecular weight is 330 g/mol. The van der Waals surface area contributed by atoms with Crippen LogP contribution in [0.1, 0.15) is 17.8 Å². The highest BCUT2D eigenvalue weighted by Gasteiger charge is 2.51. The topological polar surface area (TPSA) is 59.0 Å². The van der Waals surface area contributed by atoms with Gasteiger partial charge in [-0.25, -0.2) is 20.3 Å². The van der Waals surface area contributed by atoms with Crippen molar-refractivity contribution >= 4 is 27.4 Å². The molecule has 1 spiro atoms. The zero-order valence-electron chi connectivity index (χ0n) is 12.9. The Morgan fingerprint density at radius 2 is 2.26 bits per heavy atom. The molecular formula is C16H18N4O2S. The zero-order valence-corrected chi connectivity index (χ0v) is 13.7. The van der Waals surface area contributed by atoms with E-state index in [1.54, 1.807) is 18.4 Å². The molecule has 120 valence electrons. The molecule has 1 aromatic carbocycles. The fraction of sp³-hybridized carbons (Fsp3) is 0.500. The molecular weight excluding hydrogens is 312 g/mol. The van der Waals surface area contributed by atoms with Gasteiger partial charge in [0.2, 0.25) is 5.72 Å². The Kier molecular flexibility index (Phi) is 2.92. The highest BCUT2D eigenvalue weighted by Crippen LogP contribution is 2.41. The molecule has 0 saturated carbocycles. The molecule has 0 amide bonds. The van der Waals surface area contributed by atoms with E-state index in [4.69, 9.17) is 14.6 Å². The number of thiazole rings is 1. The highest BCUT2D eigenvalue weighted by atomic mass is 32.1. The number of rotatable bonds is 2. The van der Waals surface area contributed by atoms with Gasteiger partial charge in [0.1, 0.15) is 5.75 Å². The van der Waals surface area contributed by atoms with Gasteiger partial charge in [0.15, 0.2) is 10.8 Å². The second-order valence-corrected chi connectivity index (χ2v) is 7.44. The molecule has 1 aromatic heterocycles. The number of piperidine rings is 3. The Hall–Kier alpha value is -1.70. The SMILES string of the molecule is COc1ccc2nc(C3=NC4(CN5CCC4CC5)ON3)sc2c1. The predicted molar refractivity (Wildman–Crippen MR) is 88.8 cm³/mol. The summed E-state index contributed by atoms with van der Waals surface area (Å²) in [6.07, 6.45) is 2.32. The van der Waals surface area contributed by atoms with Crippen LogP contribution in [0.15, 0.2) is 23.2 Å². The van der Waals surface area contributed by atoms with E-state index in [1.165, 1.54) is 13.1 Å². The standard InChI is InChI=1S/C16H18N4O2S/c1-21-11-2-3-12-13(8-11)23-15(17-12)14-18-16(22-19-14)9-20-6-4-10(16)5-7-20/h2-3,8,10H,4-7,9H2,1H3,(H,18,19). The fourth-order valence-electron chi connectivity index (χ4n) is 3.83. The Balaban J connectivity index is 1.51. The first kappa shape index (κ1) is 13.7. The second kappa shape index (κ2) is 4.90. The molecule has 3 saturated heterocycles. The van der Waals surface area contributed by atoms with Gasteiger partial charge in [-0.05, 0) is 44.1 Å². The van der Waals surface area contributed by atoms with Crippen molar-refractivity contribution in [3.05, 3.63) is 23.2 Å². The van der Waals surface area contributed by atoms with Crippen LogP contribution in [0, 0.1) is 5.92 Å². The molecule has 2 bridgehead atoms. The molecule has 5 heterocycles. The number of hydroxylamine groups is 1. The summed E-state index contributed by atoms with van der Waals surface area (Å²) in [6.45, 7) is 3.22. The fourth-order valence-corrected chi connectivity index (χ4v) is 4.76. The van der Waals surface area contributed by atoms with Crippen molar-refractivity contribution in [2.24, 2.45) is 10.9 Å². The Morgan fingerprint density at radius 3 is 3.00 bits per heavy atom. The summed E-state index contributed by atoms with van der Waals surface area (Å²) in [4.78, 5) is 18.0. The van der Waals surface area contributed by atoms with Crippen molar-refractivity contribution < 1.29 is 9.57 Å². The van der Waals surface area contributed by atoms with Gasteiger partial charge < -0.3 is 4.74 Å². The van der Waals surface area contributed by atoms with Gasteiger partial charge in [0.25, 0.3) is 0 Å². The summed E-state index contributed by atoms with van der Waals surface area (Å²) < 4.78 is 6.38. The molecule has 0 radical (unpaired) electrons. The molecule has 23 heavy (non-hydrogen) atoms. The number of hydrogen-bond donors (Lipinski definition) is 1. The third-order valence-corrected chi connectivity index (χ3v) is 6.12. The number of fused-ring (bicyclic) bond motifs is 3. The number of methoxy groups -OCH3 is 1. The van der Waals surface area contributed by atoms with E-state index in [1.807, 2.05) is 18.2 Å². The van der Waals surface area contributed by atoms with E-state index in [2.05, 4.69) is 15.4 Å². The average Bonchev–Trinajstić information content (AvgIpc) is 3.19. The molecule has 4 aliphatic rings. The minimum Gasteiger partial charge on any atom is -0.497 e. The summed E-state index contributed by atoms with van der Waals surface area (Å²) in [7, 11) is 1.68. The van der Waals surface area contributed by atoms with Gasteiger partial charge in [0, 0.05) is 5.92 Å². The van der Waals surface area contributed by atoms with Crippen molar-refractivity contribution in [1.29, 1.82) is 0 Å². The molecule has 1 N–H and O–H groups in total. The van der Waals surface area contributed by atoms with E-state index in [9.17, 15) is 0 Å². The number of ether oxygens (including phenoxy) is 1. The van der Waals surface area contributed by atoms with Crippen molar-refractivity contribution in [2.75, 3.05) is 26.7 Å². The van der Waals surface area contributed by atoms with Crippen molar-refractivity contribution in [2.45, 2.75) is 18.6 Å². The third kappa shape index (κ3) is 2.07. The first-order valence-corrected chi connectivity index (χ1v) is 8.79. The molecule has 3 fully saturated rings. The summed E-state index contributed by atoms with van der Waals surface area (Å²) in [5, 5.41) is 0.876. The number of aliphatic imine (C=N–C) groups is 1. The van der Waals surface area contributed by atoms with Crippen molar-refractivity contribution in [1.82, 2.24) is 15.4 Å². The number of hydrogen-bond acceptors (Lipinski definition) is 7. The lowest BCUT2D eigenvalue weighted by Crippen LogP contribution is -2.58. The Morgan fingerprint density at radius 1 is 1.39 bits per heavy atom. The maximum Gasteiger partial charge on any atom is 0.202 e. The molecule has 4 aliphatic heterocycles. The lowest BCUT2D eigenvalue weighted by Gasteiger charge is -2.47. The number of amidine groups is 1. The first-order valence-electron chi connectivity index (χ1n) is 7.97. The van der Waals surface area contributed by atoms with Crippen LogP contribution in [-0.4, -0.2) is 48.2 Å². The summed E-state index contributed by atoms with van der Waals surface area (Å²) in [5.41, 5.74) is 3.60. The van der Waals surface area contributed by atoms with E-state index in [-0.39, 0.29) is 0 Å². The quantitative estimate of drug-likeness (QED) is 0.913. The lowest BCUT2D eigenvalue weighted by molar-refractivity contribution is -0.155. The van der Waals surface area contributed by atoms with Gasteiger partial charge in [-0.3, -0.25) is 4.90 Å². The van der Waals surface area contributed by atoms with Gasteiger partial charge in [-0.1, -0.05) is 0 Å². The lowest BCUT2D eigenvalue weighted by atomic mass is 9.81. The van der Waals surface area contributed by atoms with Crippen LogP contribution < -0.4 is 10.2 Å². The predicted octanol–water partition coefficient (Wildman–Crippen LogP) is 2.01. The molecule has 1 atom stereocenters. The Labute approximate surface area is 138 Å². The normalized spacial score (nSPS) is 32.3. The zero-order chi connectivity index (χ0) is 15.4. The summed E-state index contributed by atoms with van der Waals surface area (Å²) >= 11 is 1.61. The van der Waals surface area contributed by atoms with E-state index in [0.29, 0.717) is 5.92 Å².